The lowest BCUT2D eigenvalue weighted by Crippen LogP contribution is -2.46. The van der Waals surface area contributed by atoms with Gasteiger partial charge >= 0.3 is 6.18 Å². The minimum absolute atomic E-state index is 0.193. The fourth-order valence-corrected chi connectivity index (χ4v) is 2.75. The number of nitrogens with one attached hydrogen (secondary N) is 2. The van der Waals surface area contributed by atoms with E-state index in [-0.39, 0.29) is 18.2 Å². The third kappa shape index (κ3) is 4.27. The van der Waals surface area contributed by atoms with Crippen LogP contribution in [0.15, 0.2) is 24.3 Å². The Morgan fingerprint density at radius 1 is 1.29 bits per heavy atom. The number of hydrogen-bond acceptors (Lipinski definition) is 2. The van der Waals surface area contributed by atoms with Gasteiger partial charge in [0.15, 0.2) is 0 Å². The molecule has 1 saturated heterocycles. The van der Waals surface area contributed by atoms with Gasteiger partial charge in [-0.3, -0.25) is 9.59 Å². The summed E-state index contributed by atoms with van der Waals surface area (Å²) in [5.41, 5.74) is -0.865. The van der Waals surface area contributed by atoms with Crippen molar-refractivity contribution in [3.63, 3.8) is 0 Å². The van der Waals surface area contributed by atoms with Crippen molar-refractivity contribution in [1.29, 1.82) is 0 Å². The zero-order chi connectivity index (χ0) is 18.1. The summed E-state index contributed by atoms with van der Waals surface area (Å²) in [4.78, 5) is 23.6. The van der Waals surface area contributed by atoms with Crippen LogP contribution in [0.1, 0.15) is 50.8 Å². The zero-order valence-electron chi connectivity index (χ0n) is 13.8. The molecule has 2 amide bonds. The molecule has 1 aromatic carbocycles. The lowest BCUT2D eigenvalue weighted by Gasteiger charge is -2.33. The fraction of sp³-hybridized carbons (Fsp3) is 0.529. The maximum atomic E-state index is 12.9. The van der Waals surface area contributed by atoms with Gasteiger partial charge < -0.3 is 10.6 Å². The van der Waals surface area contributed by atoms with Gasteiger partial charge in [-0.25, -0.2) is 0 Å². The fourth-order valence-electron chi connectivity index (χ4n) is 2.75. The second-order valence-corrected chi connectivity index (χ2v) is 7.09. The molecular formula is C17H21F3N2O2. The van der Waals surface area contributed by atoms with Crippen molar-refractivity contribution < 1.29 is 22.8 Å². The van der Waals surface area contributed by atoms with E-state index in [2.05, 4.69) is 10.6 Å². The predicted molar refractivity (Wildman–Crippen MR) is 82.9 cm³/mol. The molecule has 1 aliphatic rings. The number of rotatable bonds is 3. The molecule has 0 spiro atoms. The van der Waals surface area contributed by atoms with E-state index in [1.165, 1.54) is 6.07 Å². The Kier molecular flexibility index (Phi) is 4.92. The highest BCUT2D eigenvalue weighted by Crippen LogP contribution is 2.36. The average molecular weight is 342 g/mol. The first kappa shape index (κ1) is 18.3. The van der Waals surface area contributed by atoms with Crippen molar-refractivity contribution in [3.05, 3.63) is 35.4 Å². The summed E-state index contributed by atoms with van der Waals surface area (Å²) in [6.07, 6.45) is -3.77. The van der Waals surface area contributed by atoms with E-state index < -0.39 is 29.2 Å². The van der Waals surface area contributed by atoms with Gasteiger partial charge in [0.05, 0.1) is 11.6 Å². The molecule has 0 saturated carbocycles. The maximum Gasteiger partial charge on any atom is 0.416 e. The van der Waals surface area contributed by atoms with Crippen LogP contribution in [0.5, 0.6) is 0 Å². The Morgan fingerprint density at radius 2 is 1.96 bits per heavy atom. The van der Waals surface area contributed by atoms with Crippen molar-refractivity contribution in [1.82, 2.24) is 10.6 Å². The summed E-state index contributed by atoms with van der Waals surface area (Å²) in [6.45, 7) is 5.52. The topological polar surface area (TPSA) is 58.2 Å². The standard InChI is InChI=1S/C17H21F3N2O2/c1-16(2,3)14(22-15(24)12-7-8-13(23)21-12)10-5-4-6-11(9-10)17(18,19)20/h4-6,9,12,14H,7-8H2,1-3H3,(H,21,23)(H,22,24)/t12-,14-/m1/s1. The second kappa shape index (κ2) is 6.45. The lowest BCUT2D eigenvalue weighted by molar-refractivity contribution is -0.137. The Labute approximate surface area is 138 Å². The predicted octanol–water partition coefficient (Wildman–Crippen LogP) is 3.19. The smallest absolute Gasteiger partial charge is 0.347 e. The van der Waals surface area contributed by atoms with E-state index in [0.717, 1.165) is 12.1 Å². The highest BCUT2D eigenvalue weighted by molar-refractivity contribution is 5.91. The summed E-state index contributed by atoms with van der Waals surface area (Å²) in [5, 5.41) is 5.36. The maximum absolute atomic E-state index is 12.9. The van der Waals surface area contributed by atoms with Gasteiger partial charge in [0.1, 0.15) is 6.04 Å². The van der Waals surface area contributed by atoms with Crippen LogP contribution in [0.2, 0.25) is 0 Å². The number of halogens is 3. The van der Waals surface area contributed by atoms with Gasteiger partial charge in [0.25, 0.3) is 0 Å². The number of hydrogen-bond donors (Lipinski definition) is 2. The number of alkyl halides is 3. The van der Waals surface area contributed by atoms with Gasteiger partial charge in [-0.1, -0.05) is 32.9 Å². The van der Waals surface area contributed by atoms with Crippen LogP contribution < -0.4 is 10.6 Å². The molecular weight excluding hydrogens is 321 g/mol. The summed E-state index contributed by atoms with van der Waals surface area (Å²) in [7, 11) is 0. The lowest BCUT2D eigenvalue weighted by atomic mass is 9.81. The van der Waals surface area contributed by atoms with Crippen LogP contribution in [-0.2, 0) is 15.8 Å². The molecule has 2 atom stereocenters. The van der Waals surface area contributed by atoms with Crippen molar-refractivity contribution in [2.45, 2.75) is 51.9 Å². The summed E-state index contributed by atoms with van der Waals surface area (Å²) in [6, 6.07) is 3.73. The van der Waals surface area contributed by atoms with Crippen molar-refractivity contribution in [2.75, 3.05) is 0 Å². The molecule has 0 bridgehead atoms. The quantitative estimate of drug-likeness (QED) is 0.886. The molecule has 0 aliphatic carbocycles. The minimum Gasteiger partial charge on any atom is -0.347 e. The van der Waals surface area contributed by atoms with Gasteiger partial charge in [0, 0.05) is 6.42 Å². The van der Waals surface area contributed by atoms with Gasteiger partial charge in [0.2, 0.25) is 11.8 Å². The summed E-state index contributed by atoms with van der Waals surface area (Å²) >= 11 is 0. The molecule has 1 fully saturated rings. The molecule has 0 radical (unpaired) electrons. The Bertz CT molecular complexity index is 635. The van der Waals surface area contributed by atoms with Crippen LogP contribution in [0.3, 0.4) is 0 Å². The number of carbonyl (C=O) groups excluding carboxylic acids is 2. The molecule has 2 N–H and O–H groups in total. The minimum atomic E-state index is -4.44. The monoisotopic (exact) mass is 342 g/mol. The Morgan fingerprint density at radius 3 is 2.46 bits per heavy atom. The zero-order valence-corrected chi connectivity index (χ0v) is 13.8. The Balaban J connectivity index is 2.26. The van der Waals surface area contributed by atoms with E-state index in [0.29, 0.717) is 12.0 Å². The van der Waals surface area contributed by atoms with Gasteiger partial charge in [-0.05, 0) is 29.5 Å². The third-order valence-electron chi connectivity index (χ3n) is 4.01. The Hall–Kier alpha value is -2.05. The molecule has 1 aliphatic heterocycles. The molecule has 132 valence electrons. The van der Waals surface area contributed by atoms with E-state index in [1.54, 1.807) is 6.07 Å². The molecule has 2 rings (SSSR count). The molecule has 24 heavy (non-hydrogen) atoms. The number of amides is 2. The highest BCUT2D eigenvalue weighted by Gasteiger charge is 2.35. The molecule has 1 aromatic rings. The van der Waals surface area contributed by atoms with Crippen molar-refractivity contribution in [2.24, 2.45) is 5.41 Å². The molecule has 4 nitrogen and oxygen atoms in total. The number of benzene rings is 1. The van der Waals surface area contributed by atoms with Gasteiger partial charge in [-0.2, -0.15) is 13.2 Å². The highest BCUT2D eigenvalue weighted by atomic mass is 19.4. The number of carbonyl (C=O) groups is 2. The van der Waals surface area contributed by atoms with Crippen molar-refractivity contribution in [3.8, 4) is 0 Å². The first-order valence-electron chi connectivity index (χ1n) is 7.75. The van der Waals surface area contributed by atoms with Crippen LogP contribution in [0.4, 0.5) is 13.2 Å². The molecule has 7 heteroatoms. The van der Waals surface area contributed by atoms with Gasteiger partial charge in [-0.15, -0.1) is 0 Å². The SMILES string of the molecule is CC(C)(C)[C@H](NC(=O)[C@H]1CCC(=O)N1)c1cccc(C(F)(F)F)c1. The third-order valence-corrected chi connectivity index (χ3v) is 4.01. The average Bonchev–Trinajstić information content (AvgIpc) is 2.89. The molecule has 1 heterocycles. The van der Waals surface area contributed by atoms with E-state index in [1.807, 2.05) is 20.8 Å². The van der Waals surface area contributed by atoms with E-state index in [4.69, 9.17) is 0 Å². The largest absolute Gasteiger partial charge is 0.416 e. The van der Waals surface area contributed by atoms with Crippen molar-refractivity contribution >= 4 is 11.8 Å². The first-order chi connectivity index (χ1) is 11.0. The van der Waals surface area contributed by atoms with Crippen LogP contribution in [-0.4, -0.2) is 17.9 Å². The first-order valence-corrected chi connectivity index (χ1v) is 7.75. The van der Waals surface area contributed by atoms with Crippen LogP contribution in [0.25, 0.3) is 0 Å². The normalized spacial score (nSPS) is 19.8. The van der Waals surface area contributed by atoms with Crippen LogP contribution in [0, 0.1) is 5.41 Å². The second-order valence-electron chi connectivity index (χ2n) is 7.09. The molecule has 0 unspecified atom stereocenters. The summed E-state index contributed by atoms with van der Waals surface area (Å²) in [5.74, 6) is -0.570. The van der Waals surface area contributed by atoms with Crippen LogP contribution >= 0.6 is 0 Å². The molecule has 0 aromatic heterocycles. The summed E-state index contributed by atoms with van der Waals surface area (Å²) < 4.78 is 38.8. The van der Waals surface area contributed by atoms with E-state index >= 15 is 0 Å². The van der Waals surface area contributed by atoms with E-state index in [9.17, 15) is 22.8 Å².